The molecule has 0 saturated carbocycles. The lowest BCUT2D eigenvalue weighted by atomic mass is 10.1. The number of nitrogens with two attached hydrogens (primary N) is 1. The molecular weight excluding hydrogens is 294 g/mol. The van der Waals surface area contributed by atoms with Gasteiger partial charge in [-0.15, -0.1) is 0 Å². The molecule has 3 N–H and O–H groups in total. The van der Waals surface area contributed by atoms with E-state index in [2.05, 4.69) is 10.3 Å². The standard InChI is InChI=1S/C16H15N5O2/c17-9-21-4-3-12(8-21)16(23)20-14-6-13-5-10(15(18)22)1-2-11(13)7-19-14/h1-2,5-7,12H,3-4,8H2,(H2,18,22)(H,19,20,23)/t12-/m0/s1. The van der Waals surface area contributed by atoms with Gasteiger partial charge in [-0.1, -0.05) is 6.07 Å². The molecule has 1 saturated heterocycles. The van der Waals surface area contributed by atoms with Crippen molar-refractivity contribution in [2.45, 2.75) is 6.42 Å². The van der Waals surface area contributed by atoms with Crippen LogP contribution in [0.1, 0.15) is 16.8 Å². The zero-order valence-electron chi connectivity index (χ0n) is 12.3. The van der Waals surface area contributed by atoms with Crippen molar-refractivity contribution >= 4 is 28.4 Å². The number of likely N-dealkylation sites (tertiary alicyclic amines) is 1. The SMILES string of the molecule is N#CN1CC[C@H](C(=O)Nc2cc3cc(C(N)=O)ccc3cn2)C1. The third kappa shape index (κ3) is 3.06. The normalized spacial score (nSPS) is 17.0. The highest BCUT2D eigenvalue weighted by Gasteiger charge is 2.27. The Bertz CT molecular complexity index is 827. The molecule has 1 aliphatic heterocycles. The highest BCUT2D eigenvalue weighted by molar-refractivity contribution is 5.99. The van der Waals surface area contributed by atoms with Gasteiger partial charge in [0.1, 0.15) is 5.82 Å². The minimum Gasteiger partial charge on any atom is -0.366 e. The second-order valence-corrected chi connectivity index (χ2v) is 5.52. The summed E-state index contributed by atoms with van der Waals surface area (Å²) in [6.07, 6.45) is 4.33. The number of hydrogen-bond acceptors (Lipinski definition) is 5. The largest absolute Gasteiger partial charge is 0.366 e. The van der Waals surface area contributed by atoms with E-state index in [0.717, 1.165) is 10.8 Å². The summed E-state index contributed by atoms with van der Waals surface area (Å²) in [6, 6.07) is 6.77. The van der Waals surface area contributed by atoms with Gasteiger partial charge in [0, 0.05) is 30.2 Å². The Kier molecular flexibility index (Phi) is 3.81. The maximum absolute atomic E-state index is 12.2. The van der Waals surface area contributed by atoms with Crippen molar-refractivity contribution in [2.75, 3.05) is 18.4 Å². The van der Waals surface area contributed by atoms with Crippen LogP contribution in [0.25, 0.3) is 10.8 Å². The van der Waals surface area contributed by atoms with Crippen LogP contribution in [0.3, 0.4) is 0 Å². The van der Waals surface area contributed by atoms with E-state index in [1.165, 1.54) is 0 Å². The molecule has 1 aromatic carbocycles. The van der Waals surface area contributed by atoms with Crippen molar-refractivity contribution in [3.05, 3.63) is 36.0 Å². The average Bonchev–Trinajstić information content (AvgIpc) is 3.03. The topological polar surface area (TPSA) is 112 Å². The Morgan fingerprint density at radius 2 is 2.17 bits per heavy atom. The van der Waals surface area contributed by atoms with Gasteiger partial charge in [0.15, 0.2) is 6.19 Å². The summed E-state index contributed by atoms with van der Waals surface area (Å²) in [7, 11) is 0. The van der Waals surface area contributed by atoms with E-state index in [1.807, 2.05) is 6.19 Å². The number of nitriles is 1. The van der Waals surface area contributed by atoms with Crippen molar-refractivity contribution in [3.63, 3.8) is 0 Å². The molecule has 1 atom stereocenters. The molecule has 0 spiro atoms. The molecule has 7 nitrogen and oxygen atoms in total. The van der Waals surface area contributed by atoms with Crippen LogP contribution in [0.5, 0.6) is 0 Å². The lowest BCUT2D eigenvalue weighted by Crippen LogP contribution is -2.25. The molecule has 116 valence electrons. The van der Waals surface area contributed by atoms with Gasteiger partial charge in [0.25, 0.3) is 0 Å². The third-order valence-corrected chi connectivity index (χ3v) is 3.96. The van der Waals surface area contributed by atoms with E-state index in [9.17, 15) is 9.59 Å². The van der Waals surface area contributed by atoms with Crippen LogP contribution >= 0.6 is 0 Å². The van der Waals surface area contributed by atoms with E-state index in [4.69, 9.17) is 11.0 Å². The fourth-order valence-electron chi connectivity index (χ4n) is 2.66. The summed E-state index contributed by atoms with van der Waals surface area (Å²) in [6.45, 7) is 1.03. The number of fused-ring (bicyclic) bond motifs is 1. The third-order valence-electron chi connectivity index (χ3n) is 3.96. The molecule has 2 aromatic rings. The monoisotopic (exact) mass is 309 g/mol. The van der Waals surface area contributed by atoms with E-state index in [-0.39, 0.29) is 11.8 Å². The van der Waals surface area contributed by atoms with Gasteiger partial charge in [-0.2, -0.15) is 5.26 Å². The number of benzene rings is 1. The van der Waals surface area contributed by atoms with Crippen LogP contribution in [0.15, 0.2) is 30.5 Å². The Morgan fingerprint density at radius 1 is 1.35 bits per heavy atom. The van der Waals surface area contributed by atoms with Gasteiger partial charge < -0.3 is 16.0 Å². The number of amides is 2. The lowest BCUT2D eigenvalue weighted by Gasteiger charge is -2.11. The molecule has 0 bridgehead atoms. The van der Waals surface area contributed by atoms with Gasteiger partial charge in [-0.3, -0.25) is 9.59 Å². The Labute approximate surface area is 132 Å². The van der Waals surface area contributed by atoms with Crippen LogP contribution in [0.4, 0.5) is 5.82 Å². The van der Waals surface area contributed by atoms with Crippen molar-refractivity contribution in [2.24, 2.45) is 11.7 Å². The Balaban J connectivity index is 1.79. The minimum atomic E-state index is -0.503. The molecule has 1 aromatic heterocycles. The first-order valence-electron chi connectivity index (χ1n) is 7.22. The number of nitrogens with zero attached hydrogens (tertiary/aromatic N) is 3. The first kappa shape index (κ1) is 14.8. The summed E-state index contributed by atoms with van der Waals surface area (Å²) < 4.78 is 0. The highest BCUT2D eigenvalue weighted by Crippen LogP contribution is 2.21. The zero-order chi connectivity index (χ0) is 16.4. The number of aromatic nitrogens is 1. The van der Waals surface area contributed by atoms with Gasteiger partial charge >= 0.3 is 0 Å². The number of nitrogens with one attached hydrogen (secondary N) is 1. The van der Waals surface area contributed by atoms with Gasteiger partial charge in [-0.05, 0) is 30.0 Å². The quantitative estimate of drug-likeness (QED) is 0.824. The van der Waals surface area contributed by atoms with Gasteiger partial charge in [0.05, 0.1) is 5.92 Å². The number of rotatable bonds is 3. The molecular formula is C16H15N5O2. The molecule has 1 fully saturated rings. The molecule has 2 heterocycles. The Morgan fingerprint density at radius 3 is 2.87 bits per heavy atom. The van der Waals surface area contributed by atoms with Crippen molar-refractivity contribution in [1.82, 2.24) is 9.88 Å². The average molecular weight is 309 g/mol. The van der Waals surface area contributed by atoms with Crippen LogP contribution in [0.2, 0.25) is 0 Å². The van der Waals surface area contributed by atoms with Crippen LogP contribution in [-0.2, 0) is 4.79 Å². The van der Waals surface area contributed by atoms with Crippen LogP contribution < -0.4 is 11.1 Å². The lowest BCUT2D eigenvalue weighted by molar-refractivity contribution is -0.119. The first-order chi connectivity index (χ1) is 11.1. The predicted molar refractivity (Wildman–Crippen MR) is 84.2 cm³/mol. The summed E-state index contributed by atoms with van der Waals surface area (Å²) in [5.74, 6) is -0.457. The summed E-state index contributed by atoms with van der Waals surface area (Å²) in [4.78, 5) is 29.2. The number of anilines is 1. The second-order valence-electron chi connectivity index (χ2n) is 5.52. The van der Waals surface area contributed by atoms with E-state index in [1.54, 1.807) is 35.4 Å². The summed E-state index contributed by atoms with van der Waals surface area (Å²) in [5, 5.41) is 13.2. The predicted octanol–water partition coefficient (Wildman–Crippen LogP) is 1.08. The van der Waals surface area contributed by atoms with Gasteiger partial charge in [-0.25, -0.2) is 4.98 Å². The van der Waals surface area contributed by atoms with Crippen molar-refractivity contribution < 1.29 is 9.59 Å². The van der Waals surface area contributed by atoms with E-state index < -0.39 is 5.91 Å². The maximum atomic E-state index is 12.2. The maximum Gasteiger partial charge on any atom is 0.248 e. The number of carbonyl (C=O) groups excluding carboxylic acids is 2. The highest BCUT2D eigenvalue weighted by atomic mass is 16.2. The number of pyridine rings is 1. The number of carbonyl (C=O) groups is 2. The fourth-order valence-corrected chi connectivity index (χ4v) is 2.66. The van der Waals surface area contributed by atoms with Gasteiger partial charge in [0.2, 0.25) is 11.8 Å². The summed E-state index contributed by atoms with van der Waals surface area (Å²) in [5.41, 5.74) is 5.68. The molecule has 1 aliphatic rings. The van der Waals surface area contributed by atoms with E-state index >= 15 is 0 Å². The van der Waals surface area contributed by atoms with Crippen molar-refractivity contribution in [1.29, 1.82) is 5.26 Å². The molecule has 0 unspecified atom stereocenters. The molecule has 2 amide bonds. The smallest absolute Gasteiger partial charge is 0.248 e. The molecule has 0 aliphatic carbocycles. The van der Waals surface area contributed by atoms with Crippen LogP contribution in [-0.4, -0.2) is 34.8 Å². The fraction of sp³-hybridized carbons (Fsp3) is 0.250. The molecule has 3 rings (SSSR count). The second kappa shape index (κ2) is 5.93. The molecule has 7 heteroatoms. The minimum absolute atomic E-state index is 0.152. The number of primary amides is 1. The van der Waals surface area contributed by atoms with E-state index in [0.29, 0.717) is 30.9 Å². The molecule has 23 heavy (non-hydrogen) atoms. The van der Waals surface area contributed by atoms with Crippen molar-refractivity contribution in [3.8, 4) is 6.19 Å². The molecule has 0 radical (unpaired) electrons. The number of hydrogen-bond donors (Lipinski definition) is 2. The zero-order valence-corrected chi connectivity index (χ0v) is 12.3. The first-order valence-corrected chi connectivity index (χ1v) is 7.22. The summed E-state index contributed by atoms with van der Waals surface area (Å²) >= 11 is 0. The van der Waals surface area contributed by atoms with Crippen LogP contribution in [0, 0.1) is 17.4 Å². The Hall–Kier alpha value is -3.14.